The van der Waals surface area contributed by atoms with Crippen LogP contribution in [0.15, 0.2) is 16.9 Å². The first kappa shape index (κ1) is 17.9. The fourth-order valence-corrected chi connectivity index (χ4v) is 3.80. The molecule has 2 aliphatic rings. The Bertz CT molecular complexity index is 853. The van der Waals surface area contributed by atoms with Crippen molar-refractivity contribution in [2.75, 3.05) is 29.9 Å². The minimum absolute atomic E-state index is 0.112. The molecular weight excluding hydrogens is 342 g/mol. The van der Waals surface area contributed by atoms with Crippen molar-refractivity contribution < 1.29 is 0 Å². The Morgan fingerprint density at radius 3 is 2.70 bits per heavy atom. The van der Waals surface area contributed by atoms with Crippen LogP contribution in [0.4, 0.5) is 11.8 Å². The summed E-state index contributed by atoms with van der Waals surface area (Å²) >= 11 is 0. The molecule has 8 nitrogen and oxygen atoms in total. The fraction of sp³-hybridized carbons (Fsp3) is 0.579. The lowest BCUT2D eigenvalue weighted by molar-refractivity contribution is 0.345. The number of aromatic amines is 1. The molecule has 0 unspecified atom stereocenters. The van der Waals surface area contributed by atoms with E-state index in [0.29, 0.717) is 30.7 Å². The third kappa shape index (κ3) is 4.27. The molecule has 1 aliphatic heterocycles. The number of aryl methyl sites for hydroxylation is 1. The lowest BCUT2D eigenvalue weighted by Gasteiger charge is -2.32. The molecule has 1 saturated heterocycles. The van der Waals surface area contributed by atoms with Gasteiger partial charge in [-0.2, -0.15) is 4.98 Å². The summed E-state index contributed by atoms with van der Waals surface area (Å²) in [5.74, 6) is 2.73. The van der Waals surface area contributed by atoms with E-state index >= 15 is 0 Å². The van der Waals surface area contributed by atoms with E-state index in [2.05, 4.69) is 20.2 Å². The van der Waals surface area contributed by atoms with E-state index in [-0.39, 0.29) is 5.56 Å². The zero-order valence-electron chi connectivity index (χ0n) is 15.7. The second-order valence-electron chi connectivity index (χ2n) is 7.60. The van der Waals surface area contributed by atoms with E-state index in [4.69, 9.17) is 15.7 Å². The Morgan fingerprint density at radius 1 is 1.22 bits per heavy atom. The summed E-state index contributed by atoms with van der Waals surface area (Å²) in [5.41, 5.74) is 7.72. The van der Waals surface area contributed by atoms with E-state index in [1.54, 1.807) is 13.0 Å². The van der Waals surface area contributed by atoms with E-state index in [0.717, 1.165) is 49.1 Å². The normalized spacial score (nSPS) is 21.9. The van der Waals surface area contributed by atoms with Crippen molar-refractivity contribution >= 4 is 11.8 Å². The third-order valence-electron chi connectivity index (χ3n) is 5.32. The standard InChI is InChI=1S/C19H27N7O/c1-12-22-15(10-18(27)23-12)4-5-21-17-11-16(13-8-14(20)9-13)24-19(25-17)26-6-2-3-7-26/h10-11,13-14H,2-9,20H2,1H3,(H,21,24,25)(H,22,23,27). The highest BCUT2D eigenvalue weighted by molar-refractivity contribution is 5.45. The quantitative estimate of drug-likeness (QED) is 0.704. The highest BCUT2D eigenvalue weighted by atomic mass is 16.1. The molecule has 2 fully saturated rings. The SMILES string of the molecule is Cc1nc(CCNc2cc(C3CC(N)C3)nc(N3CCCC3)n2)cc(=O)[nH]1. The van der Waals surface area contributed by atoms with Crippen LogP contribution in [0.25, 0.3) is 0 Å². The number of aromatic nitrogens is 4. The lowest BCUT2D eigenvalue weighted by Crippen LogP contribution is -2.35. The molecule has 0 atom stereocenters. The highest BCUT2D eigenvalue weighted by Gasteiger charge is 2.30. The minimum atomic E-state index is -0.112. The van der Waals surface area contributed by atoms with Crippen molar-refractivity contribution in [2.45, 2.75) is 51.0 Å². The molecule has 4 N–H and O–H groups in total. The van der Waals surface area contributed by atoms with Gasteiger partial charge in [-0.15, -0.1) is 0 Å². The van der Waals surface area contributed by atoms with Crippen molar-refractivity contribution in [3.05, 3.63) is 39.7 Å². The minimum Gasteiger partial charge on any atom is -0.370 e. The monoisotopic (exact) mass is 369 g/mol. The molecule has 0 radical (unpaired) electrons. The zero-order valence-corrected chi connectivity index (χ0v) is 15.7. The van der Waals surface area contributed by atoms with Crippen LogP contribution in [0.5, 0.6) is 0 Å². The topological polar surface area (TPSA) is 113 Å². The van der Waals surface area contributed by atoms with Gasteiger partial charge in [0.05, 0.1) is 5.69 Å². The number of hydrogen-bond acceptors (Lipinski definition) is 7. The summed E-state index contributed by atoms with van der Waals surface area (Å²) in [7, 11) is 0. The van der Waals surface area contributed by atoms with E-state index in [9.17, 15) is 4.79 Å². The average molecular weight is 369 g/mol. The molecule has 8 heteroatoms. The number of hydrogen-bond donors (Lipinski definition) is 3. The number of nitrogens with one attached hydrogen (secondary N) is 2. The van der Waals surface area contributed by atoms with Crippen molar-refractivity contribution in [3.63, 3.8) is 0 Å². The van der Waals surface area contributed by atoms with Crippen LogP contribution < -0.4 is 21.5 Å². The maximum absolute atomic E-state index is 11.6. The van der Waals surface area contributed by atoms with Crippen molar-refractivity contribution in [3.8, 4) is 0 Å². The first-order chi connectivity index (χ1) is 13.1. The third-order valence-corrected chi connectivity index (χ3v) is 5.32. The second-order valence-corrected chi connectivity index (χ2v) is 7.60. The molecule has 0 spiro atoms. The van der Waals surface area contributed by atoms with Gasteiger partial charge in [0.15, 0.2) is 0 Å². The molecule has 4 rings (SSSR count). The first-order valence-corrected chi connectivity index (χ1v) is 9.77. The summed E-state index contributed by atoms with van der Waals surface area (Å²) in [5, 5.41) is 3.39. The Labute approximate surface area is 158 Å². The number of anilines is 2. The molecule has 1 aliphatic carbocycles. The number of nitrogens with two attached hydrogens (primary N) is 1. The largest absolute Gasteiger partial charge is 0.370 e. The molecule has 0 aromatic carbocycles. The summed E-state index contributed by atoms with van der Waals surface area (Å²) in [4.78, 5) is 30.4. The zero-order chi connectivity index (χ0) is 18.8. The first-order valence-electron chi connectivity index (χ1n) is 9.77. The number of H-pyrrole nitrogens is 1. The molecule has 144 valence electrons. The highest BCUT2D eigenvalue weighted by Crippen LogP contribution is 2.36. The van der Waals surface area contributed by atoms with Gasteiger partial charge in [-0.25, -0.2) is 9.97 Å². The van der Waals surface area contributed by atoms with Gasteiger partial charge < -0.3 is 20.9 Å². The predicted octanol–water partition coefficient (Wildman–Crippen LogP) is 1.33. The van der Waals surface area contributed by atoms with Gasteiger partial charge in [0, 0.05) is 55.8 Å². The molecule has 3 heterocycles. The smallest absolute Gasteiger partial charge is 0.251 e. The fourth-order valence-electron chi connectivity index (χ4n) is 3.80. The second kappa shape index (κ2) is 7.64. The summed E-state index contributed by atoms with van der Waals surface area (Å²) in [6.07, 6.45) is 5.03. The van der Waals surface area contributed by atoms with Gasteiger partial charge in [0.25, 0.3) is 5.56 Å². The van der Waals surface area contributed by atoms with Crippen LogP contribution in [0.1, 0.15) is 48.8 Å². The maximum atomic E-state index is 11.6. The van der Waals surface area contributed by atoms with Crippen LogP contribution in [-0.4, -0.2) is 45.6 Å². The molecular formula is C19H27N7O. The van der Waals surface area contributed by atoms with E-state index in [1.165, 1.54) is 12.8 Å². The van der Waals surface area contributed by atoms with Crippen molar-refractivity contribution in [2.24, 2.45) is 5.73 Å². The Hall–Kier alpha value is -2.48. The summed E-state index contributed by atoms with van der Waals surface area (Å²) < 4.78 is 0. The number of rotatable bonds is 6. The van der Waals surface area contributed by atoms with Crippen molar-refractivity contribution in [1.82, 2.24) is 19.9 Å². The molecule has 2 aromatic rings. The molecule has 27 heavy (non-hydrogen) atoms. The van der Waals surface area contributed by atoms with Gasteiger partial charge in [-0.05, 0) is 32.6 Å². The van der Waals surface area contributed by atoms with Crippen LogP contribution in [0.3, 0.4) is 0 Å². The van der Waals surface area contributed by atoms with Gasteiger partial charge in [-0.3, -0.25) is 4.79 Å². The molecule has 0 bridgehead atoms. The van der Waals surface area contributed by atoms with Gasteiger partial charge in [0.1, 0.15) is 11.6 Å². The summed E-state index contributed by atoms with van der Waals surface area (Å²) in [6.45, 7) is 4.49. The van der Waals surface area contributed by atoms with Crippen LogP contribution in [0, 0.1) is 6.92 Å². The van der Waals surface area contributed by atoms with Gasteiger partial charge in [0.2, 0.25) is 5.95 Å². The van der Waals surface area contributed by atoms with Crippen LogP contribution in [0.2, 0.25) is 0 Å². The van der Waals surface area contributed by atoms with E-state index < -0.39 is 0 Å². The molecule has 1 saturated carbocycles. The average Bonchev–Trinajstić information content (AvgIpc) is 3.12. The maximum Gasteiger partial charge on any atom is 0.251 e. The Balaban J connectivity index is 1.47. The Morgan fingerprint density at radius 2 is 2.00 bits per heavy atom. The van der Waals surface area contributed by atoms with Gasteiger partial charge in [-0.1, -0.05) is 0 Å². The molecule has 0 amide bonds. The predicted molar refractivity (Wildman–Crippen MR) is 105 cm³/mol. The summed E-state index contributed by atoms with van der Waals surface area (Å²) in [6, 6.07) is 3.89. The van der Waals surface area contributed by atoms with Crippen LogP contribution >= 0.6 is 0 Å². The van der Waals surface area contributed by atoms with Crippen LogP contribution in [-0.2, 0) is 6.42 Å². The van der Waals surface area contributed by atoms with Gasteiger partial charge >= 0.3 is 0 Å². The lowest BCUT2D eigenvalue weighted by atomic mass is 9.78. The van der Waals surface area contributed by atoms with E-state index in [1.807, 2.05) is 6.07 Å². The number of nitrogens with zero attached hydrogens (tertiary/aromatic N) is 4. The Kier molecular flexibility index (Phi) is 5.07. The van der Waals surface area contributed by atoms with Crippen molar-refractivity contribution in [1.29, 1.82) is 0 Å². The molecule has 2 aromatic heterocycles.